The Hall–Kier alpha value is -2.14. The Bertz CT molecular complexity index is 756. The molecular weight excluding hydrogens is 366 g/mol. The van der Waals surface area contributed by atoms with Gasteiger partial charge in [-0.3, -0.25) is 14.5 Å². The maximum atomic E-state index is 12.3. The number of hydrogen-bond acceptors (Lipinski definition) is 6. The minimum absolute atomic E-state index is 0.0494. The fourth-order valence-corrected chi connectivity index (χ4v) is 3.24. The largest absolute Gasteiger partial charge is 0.493 e. The Kier molecular flexibility index (Phi) is 6.76. The Labute approximate surface area is 155 Å². The molecule has 0 aromatic heterocycles. The maximum absolute atomic E-state index is 12.3. The highest BCUT2D eigenvalue weighted by molar-refractivity contribution is 8.18. The molecule has 1 aliphatic rings. The van der Waals surface area contributed by atoms with Crippen LogP contribution in [0.4, 0.5) is 4.79 Å². The van der Waals surface area contributed by atoms with Crippen LogP contribution in [-0.2, 0) is 9.53 Å². The number of nitrogens with zero attached hydrogens (tertiary/aromatic N) is 1. The van der Waals surface area contributed by atoms with Gasteiger partial charge in [-0.1, -0.05) is 17.5 Å². The molecule has 0 atom stereocenters. The first-order valence-electron chi connectivity index (χ1n) is 7.20. The molecule has 0 saturated carbocycles. The summed E-state index contributed by atoms with van der Waals surface area (Å²) < 4.78 is 15.5. The van der Waals surface area contributed by atoms with Gasteiger partial charge in [0.15, 0.2) is 11.5 Å². The van der Waals surface area contributed by atoms with Crippen molar-refractivity contribution in [3.05, 3.63) is 27.6 Å². The van der Waals surface area contributed by atoms with Gasteiger partial charge in [-0.25, -0.2) is 0 Å². The van der Waals surface area contributed by atoms with Gasteiger partial charge in [0.05, 0.1) is 30.2 Å². The molecule has 0 aliphatic carbocycles. The van der Waals surface area contributed by atoms with Gasteiger partial charge >= 0.3 is 0 Å². The zero-order chi connectivity index (χ0) is 18.4. The third kappa shape index (κ3) is 4.48. The van der Waals surface area contributed by atoms with Crippen molar-refractivity contribution < 1.29 is 23.8 Å². The molecule has 1 aliphatic heterocycles. The average Bonchev–Trinajstić information content (AvgIpc) is 2.85. The molecule has 8 heteroatoms. The Balaban J connectivity index is 2.29. The van der Waals surface area contributed by atoms with Gasteiger partial charge < -0.3 is 14.2 Å². The molecule has 1 aromatic rings. The van der Waals surface area contributed by atoms with Crippen molar-refractivity contribution in [2.75, 3.05) is 34.0 Å². The minimum Gasteiger partial charge on any atom is -0.493 e. The topological polar surface area (TPSA) is 65.1 Å². The van der Waals surface area contributed by atoms with E-state index in [9.17, 15) is 9.59 Å². The summed E-state index contributed by atoms with van der Waals surface area (Å²) >= 11 is 7.07. The zero-order valence-electron chi connectivity index (χ0n) is 13.7. The lowest BCUT2D eigenvalue weighted by Crippen LogP contribution is -2.31. The van der Waals surface area contributed by atoms with Gasteiger partial charge in [-0.15, -0.1) is 6.42 Å². The van der Waals surface area contributed by atoms with E-state index in [1.807, 2.05) is 0 Å². The number of carbonyl (C=O) groups is 2. The van der Waals surface area contributed by atoms with E-state index in [0.717, 1.165) is 16.7 Å². The molecule has 1 fully saturated rings. The Morgan fingerprint density at radius 3 is 2.76 bits per heavy atom. The van der Waals surface area contributed by atoms with Crippen molar-refractivity contribution >= 4 is 40.6 Å². The first kappa shape index (κ1) is 19.2. The average molecular weight is 382 g/mol. The number of hydrogen-bond donors (Lipinski definition) is 0. The predicted molar refractivity (Wildman–Crippen MR) is 96.9 cm³/mol. The van der Waals surface area contributed by atoms with Crippen LogP contribution >= 0.6 is 23.4 Å². The number of imide groups is 1. The van der Waals surface area contributed by atoms with Gasteiger partial charge in [0.1, 0.15) is 6.61 Å². The molecule has 1 saturated heterocycles. The smallest absolute Gasteiger partial charge is 0.293 e. The van der Waals surface area contributed by atoms with Crippen molar-refractivity contribution in [2.45, 2.75) is 0 Å². The highest BCUT2D eigenvalue weighted by Crippen LogP contribution is 2.38. The van der Waals surface area contributed by atoms with Crippen molar-refractivity contribution in [1.29, 1.82) is 0 Å². The molecule has 132 valence electrons. The lowest BCUT2D eigenvalue weighted by atomic mass is 10.1. The summed E-state index contributed by atoms with van der Waals surface area (Å²) in [4.78, 5) is 25.7. The summed E-state index contributed by atoms with van der Waals surface area (Å²) in [5, 5.41) is -0.0419. The first-order chi connectivity index (χ1) is 12.0. The molecule has 6 nitrogen and oxygen atoms in total. The first-order valence-corrected chi connectivity index (χ1v) is 8.39. The van der Waals surface area contributed by atoms with Crippen molar-refractivity contribution in [2.24, 2.45) is 0 Å². The molecule has 2 rings (SSSR count). The molecule has 1 aromatic carbocycles. The summed E-state index contributed by atoms with van der Waals surface area (Å²) in [6, 6.07) is 3.26. The van der Waals surface area contributed by atoms with E-state index in [2.05, 4.69) is 5.92 Å². The number of ether oxygens (including phenoxy) is 3. The number of amides is 2. The molecule has 0 bridgehead atoms. The standard InChI is InChI=1S/C17H16ClNO5S/c1-4-6-24-15-12(18)8-11(9-13(15)23-3)10-14-16(20)19(5-7-22-2)17(21)25-14/h1,8-10H,5-7H2,2-3H3/b14-10+. The van der Waals surface area contributed by atoms with E-state index < -0.39 is 0 Å². The number of benzene rings is 1. The van der Waals surface area contributed by atoms with Gasteiger partial charge in [-0.05, 0) is 35.5 Å². The maximum Gasteiger partial charge on any atom is 0.293 e. The van der Waals surface area contributed by atoms with Gasteiger partial charge in [0, 0.05) is 7.11 Å². The lowest BCUT2D eigenvalue weighted by Gasteiger charge is -2.12. The Morgan fingerprint density at radius 2 is 2.12 bits per heavy atom. The number of thioether (sulfide) groups is 1. The second kappa shape index (κ2) is 8.81. The van der Waals surface area contributed by atoms with E-state index in [1.54, 1.807) is 18.2 Å². The second-order valence-electron chi connectivity index (χ2n) is 4.85. The molecule has 0 unspecified atom stereocenters. The SMILES string of the molecule is C#CCOc1c(Cl)cc(/C=C2/SC(=O)N(CCOC)C2=O)cc1OC. The molecule has 0 N–H and O–H groups in total. The molecule has 25 heavy (non-hydrogen) atoms. The van der Waals surface area contributed by atoms with Crippen LogP contribution in [0.5, 0.6) is 11.5 Å². The van der Waals surface area contributed by atoms with Crippen molar-refractivity contribution in [1.82, 2.24) is 4.90 Å². The van der Waals surface area contributed by atoms with Crippen LogP contribution in [0.3, 0.4) is 0 Å². The van der Waals surface area contributed by atoms with Crippen LogP contribution in [0.2, 0.25) is 5.02 Å². The van der Waals surface area contributed by atoms with E-state index >= 15 is 0 Å². The fraction of sp³-hybridized carbons (Fsp3) is 0.294. The normalized spacial score (nSPS) is 15.6. The summed E-state index contributed by atoms with van der Waals surface area (Å²) in [6.45, 7) is 0.543. The van der Waals surface area contributed by atoms with Crippen LogP contribution < -0.4 is 9.47 Å². The lowest BCUT2D eigenvalue weighted by molar-refractivity contribution is -0.123. The molecule has 0 radical (unpaired) electrons. The molecule has 0 spiro atoms. The van der Waals surface area contributed by atoms with Crippen LogP contribution in [0.1, 0.15) is 5.56 Å². The van der Waals surface area contributed by atoms with Gasteiger partial charge in [0.25, 0.3) is 11.1 Å². The molecule has 1 heterocycles. The number of terminal acetylenes is 1. The molecular formula is C17H16ClNO5S. The Morgan fingerprint density at radius 1 is 1.36 bits per heavy atom. The third-order valence-corrected chi connectivity index (χ3v) is 4.43. The highest BCUT2D eigenvalue weighted by Gasteiger charge is 2.34. The van der Waals surface area contributed by atoms with Crippen LogP contribution in [0.25, 0.3) is 6.08 Å². The quantitative estimate of drug-likeness (QED) is 0.534. The minimum atomic E-state index is -0.366. The zero-order valence-corrected chi connectivity index (χ0v) is 15.3. The second-order valence-corrected chi connectivity index (χ2v) is 6.25. The number of rotatable bonds is 7. The van der Waals surface area contributed by atoms with Gasteiger partial charge in [-0.2, -0.15) is 0 Å². The van der Waals surface area contributed by atoms with Crippen molar-refractivity contribution in [3.8, 4) is 23.8 Å². The number of halogens is 1. The van der Waals surface area contributed by atoms with Crippen LogP contribution in [0.15, 0.2) is 17.0 Å². The summed E-state index contributed by atoms with van der Waals surface area (Å²) in [5.41, 5.74) is 0.604. The number of methoxy groups -OCH3 is 2. The predicted octanol–water partition coefficient (Wildman–Crippen LogP) is 3.04. The summed E-state index contributed by atoms with van der Waals surface area (Å²) in [7, 11) is 2.98. The summed E-state index contributed by atoms with van der Waals surface area (Å²) in [6.07, 6.45) is 6.76. The van der Waals surface area contributed by atoms with Gasteiger partial charge in [0.2, 0.25) is 0 Å². The summed E-state index contributed by atoms with van der Waals surface area (Å²) in [5.74, 6) is 2.69. The molecule has 2 amide bonds. The monoisotopic (exact) mass is 381 g/mol. The van der Waals surface area contributed by atoms with Crippen molar-refractivity contribution in [3.63, 3.8) is 0 Å². The van der Waals surface area contributed by atoms with Crippen LogP contribution in [-0.4, -0.2) is 50.0 Å². The van der Waals surface area contributed by atoms with E-state index in [1.165, 1.54) is 14.2 Å². The number of carbonyl (C=O) groups excluding carboxylic acids is 2. The van der Waals surface area contributed by atoms with E-state index in [0.29, 0.717) is 27.0 Å². The van der Waals surface area contributed by atoms with E-state index in [4.69, 9.17) is 32.2 Å². The third-order valence-electron chi connectivity index (χ3n) is 3.24. The van der Waals surface area contributed by atoms with Crippen LogP contribution in [0, 0.1) is 12.3 Å². The van der Waals surface area contributed by atoms with E-state index in [-0.39, 0.29) is 30.9 Å². The fourth-order valence-electron chi connectivity index (χ4n) is 2.10. The highest BCUT2D eigenvalue weighted by atomic mass is 35.5.